The molecule has 172 valence electrons. The second-order valence-electron chi connectivity index (χ2n) is 10.2. The van der Waals surface area contributed by atoms with Crippen molar-refractivity contribution < 1.29 is 28.6 Å². The first-order valence-electron chi connectivity index (χ1n) is 11.1. The Bertz CT molecular complexity index is 857. The lowest BCUT2D eigenvalue weighted by molar-refractivity contribution is -0.241. The van der Waals surface area contributed by atoms with Crippen LogP contribution in [-0.2, 0) is 19.1 Å². The number of ether oxygens (including phenoxy) is 2. The number of carbonyl (C=O) groups is 2. The third kappa shape index (κ3) is 2.71. The summed E-state index contributed by atoms with van der Waals surface area (Å²) in [7, 11) is 1.49. The maximum Gasteiger partial charge on any atom is 0.180 e. The molecule has 0 amide bonds. The molecule has 0 heterocycles. The number of hydrogen-bond donors (Lipinski definition) is 1. The molecule has 0 aromatic carbocycles. The molecule has 0 aromatic rings. The van der Waals surface area contributed by atoms with E-state index in [1.807, 2.05) is 13.8 Å². The Labute approximate surface area is 188 Å². The largest absolute Gasteiger partial charge is 0.390 e. The van der Waals surface area contributed by atoms with Crippen molar-refractivity contribution in [2.75, 3.05) is 19.8 Å². The number of aliphatic hydroxyl groups excluding tert-OH is 1. The Morgan fingerprint density at radius 2 is 2.06 bits per heavy atom. The van der Waals surface area contributed by atoms with Crippen LogP contribution in [-0.4, -0.2) is 53.8 Å². The molecule has 8 atom stereocenters. The fraction of sp³-hybridized carbons (Fsp3) is 0.750. The van der Waals surface area contributed by atoms with Crippen LogP contribution < -0.4 is 0 Å². The van der Waals surface area contributed by atoms with E-state index in [1.165, 1.54) is 19.3 Å². The number of allylic oxidation sites excluding steroid dienone is 4. The Hall–Kier alpha value is -1.08. The highest BCUT2D eigenvalue weighted by atomic mass is 35.5. The van der Waals surface area contributed by atoms with Gasteiger partial charge < -0.3 is 14.6 Å². The van der Waals surface area contributed by atoms with Crippen LogP contribution in [0.25, 0.3) is 0 Å². The predicted octanol–water partition coefficient (Wildman–Crippen LogP) is 3.77. The van der Waals surface area contributed by atoms with E-state index < -0.39 is 34.1 Å². The number of carbonyl (C=O) groups excluding carboxylic acids is 2. The summed E-state index contributed by atoms with van der Waals surface area (Å²) < 4.78 is 28.4. The lowest BCUT2D eigenvalue weighted by Gasteiger charge is -2.63. The number of alkyl halides is 2. The number of fused-ring (bicyclic) bond motifs is 5. The fourth-order valence-corrected chi connectivity index (χ4v) is 7.96. The van der Waals surface area contributed by atoms with Crippen molar-refractivity contribution >= 4 is 23.2 Å². The Morgan fingerprint density at radius 1 is 1.35 bits per heavy atom. The number of halogens is 2. The summed E-state index contributed by atoms with van der Waals surface area (Å²) in [5.74, 6) is -1.45. The Balaban J connectivity index is 1.83. The van der Waals surface area contributed by atoms with Gasteiger partial charge in [0, 0.05) is 23.9 Å². The topological polar surface area (TPSA) is 72.8 Å². The maximum absolute atomic E-state index is 17.2. The van der Waals surface area contributed by atoms with E-state index in [1.54, 1.807) is 13.0 Å². The number of rotatable bonds is 5. The molecule has 0 aliphatic heterocycles. The average Bonchev–Trinajstić information content (AvgIpc) is 2.94. The van der Waals surface area contributed by atoms with E-state index in [4.69, 9.17) is 21.1 Å². The molecule has 0 saturated heterocycles. The van der Waals surface area contributed by atoms with Crippen molar-refractivity contribution in [3.8, 4) is 0 Å². The zero-order valence-corrected chi connectivity index (χ0v) is 19.4. The molecule has 4 aliphatic carbocycles. The van der Waals surface area contributed by atoms with Crippen LogP contribution in [0.1, 0.15) is 46.5 Å². The first-order valence-corrected chi connectivity index (χ1v) is 11.6. The third-order valence-electron chi connectivity index (χ3n) is 9.12. The van der Waals surface area contributed by atoms with E-state index in [2.05, 4.69) is 0 Å². The molecule has 31 heavy (non-hydrogen) atoms. The van der Waals surface area contributed by atoms with E-state index in [9.17, 15) is 14.7 Å². The van der Waals surface area contributed by atoms with Crippen LogP contribution >= 0.6 is 11.6 Å². The standard InChI is InChI=1S/C24H32ClFO5/c1-14-9-18-17-6-5-15-10-16(27)7-8-21(15,2)23(17,26)19(28)11-22(18,3)24(14,20(29)12-25)31-13-30-4/h7-8,10,14,17-19,28H,5-6,9,11-13H2,1-4H3/t14?,17-,18-,19?,21-,22-,23-,24-/m0/s1. The molecule has 7 heteroatoms. The van der Waals surface area contributed by atoms with E-state index in [-0.39, 0.29) is 42.5 Å². The lowest BCUT2D eigenvalue weighted by atomic mass is 9.44. The summed E-state index contributed by atoms with van der Waals surface area (Å²) >= 11 is 6.03. The zero-order valence-electron chi connectivity index (χ0n) is 18.6. The second kappa shape index (κ2) is 7.47. The molecular weight excluding hydrogens is 423 g/mol. The molecular formula is C24H32ClFO5. The van der Waals surface area contributed by atoms with Gasteiger partial charge in [-0.2, -0.15) is 0 Å². The van der Waals surface area contributed by atoms with Crippen molar-refractivity contribution in [3.63, 3.8) is 0 Å². The number of aliphatic hydroxyl groups is 1. The van der Waals surface area contributed by atoms with Gasteiger partial charge in [-0.15, -0.1) is 11.6 Å². The van der Waals surface area contributed by atoms with Gasteiger partial charge in [0.15, 0.2) is 17.2 Å². The van der Waals surface area contributed by atoms with Crippen LogP contribution in [0, 0.1) is 28.6 Å². The molecule has 4 aliphatic rings. The Morgan fingerprint density at radius 3 is 2.71 bits per heavy atom. The van der Waals surface area contributed by atoms with E-state index in [0.717, 1.165) is 5.57 Å². The highest BCUT2D eigenvalue weighted by molar-refractivity contribution is 6.29. The maximum atomic E-state index is 17.2. The fourth-order valence-electron chi connectivity index (χ4n) is 7.76. The SMILES string of the molecule is COCO[C@]1(C(=O)CCl)C(C)C[C@H]2[C@@H]3CCC4=CC(=O)C=C[C@]4(C)[C@@]3(F)C(O)C[C@@]21C. The highest BCUT2D eigenvalue weighted by Gasteiger charge is 2.76. The minimum Gasteiger partial charge on any atom is -0.390 e. The molecule has 0 aromatic heterocycles. The van der Waals surface area contributed by atoms with Gasteiger partial charge in [-0.25, -0.2) is 4.39 Å². The first kappa shape index (κ1) is 23.1. The van der Waals surface area contributed by atoms with Crippen LogP contribution in [0.15, 0.2) is 23.8 Å². The van der Waals surface area contributed by atoms with Gasteiger partial charge in [0.25, 0.3) is 0 Å². The van der Waals surface area contributed by atoms with Gasteiger partial charge >= 0.3 is 0 Å². The monoisotopic (exact) mass is 454 g/mol. The van der Waals surface area contributed by atoms with E-state index >= 15 is 4.39 Å². The summed E-state index contributed by atoms with van der Waals surface area (Å²) in [5.41, 5.74) is -4.27. The van der Waals surface area contributed by atoms with Crippen LogP contribution in [0.5, 0.6) is 0 Å². The molecule has 3 saturated carbocycles. The van der Waals surface area contributed by atoms with Gasteiger partial charge in [0.05, 0.1) is 12.0 Å². The van der Waals surface area contributed by atoms with E-state index in [0.29, 0.717) is 19.3 Å². The van der Waals surface area contributed by atoms with Crippen LogP contribution in [0.4, 0.5) is 4.39 Å². The average molecular weight is 455 g/mol. The molecule has 0 spiro atoms. The van der Waals surface area contributed by atoms with Gasteiger partial charge in [-0.3, -0.25) is 9.59 Å². The summed E-state index contributed by atoms with van der Waals surface area (Å²) in [5, 5.41) is 11.4. The summed E-state index contributed by atoms with van der Waals surface area (Å²) in [6.45, 7) is 5.60. The van der Waals surface area contributed by atoms with Crippen molar-refractivity contribution in [3.05, 3.63) is 23.8 Å². The number of hydrogen-bond acceptors (Lipinski definition) is 5. The first-order chi connectivity index (χ1) is 14.5. The quantitative estimate of drug-likeness (QED) is 0.505. The molecule has 0 radical (unpaired) electrons. The van der Waals surface area contributed by atoms with Crippen molar-refractivity contribution in [1.29, 1.82) is 0 Å². The zero-order chi connectivity index (χ0) is 22.8. The molecule has 3 fully saturated rings. The molecule has 1 N–H and O–H groups in total. The molecule has 4 rings (SSSR count). The van der Waals surface area contributed by atoms with Crippen molar-refractivity contribution in [1.82, 2.24) is 0 Å². The van der Waals surface area contributed by atoms with Crippen molar-refractivity contribution in [2.45, 2.75) is 63.8 Å². The smallest absolute Gasteiger partial charge is 0.180 e. The van der Waals surface area contributed by atoms with Crippen molar-refractivity contribution in [2.24, 2.45) is 28.6 Å². The summed E-state index contributed by atoms with van der Waals surface area (Å²) in [6.07, 6.45) is 5.04. The normalized spacial score (nSPS) is 48.6. The minimum absolute atomic E-state index is 0.0754. The van der Waals surface area contributed by atoms with Gasteiger partial charge in [0.1, 0.15) is 12.4 Å². The number of methoxy groups -OCH3 is 1. The van der Waals surface area contributed by atoms with Gasteiger partial charge in [0.2, 0.25) is 0 Å². The number of ketones is 2. The third-order valence-corrected chi connectivity index (χ3v) is 9.36. The predicted molar refractivity (Wildman–Crippen MR) is 114 cm³/mol. The second-order valence-corrected chi connectivity index (χ2v) is 10.5. The van der Waals surface area contributed by atoms with Crippen LogP contribution in [0.3, 0.4) is 0 Å². The highest BCUT2D eigenvalue weighted by Crippen LogP contribution is 2.71. The summed E-state index contributed by atoms with van der Waals surface area (Å²) in [4.78, 5) is 25.2. The molecule has 5 nitrogen and oxygen atoms in total. The summed E-state index contributed by atoms with van der Waals surface area (Å²) in [6, 6.07) is 0. The van der Waals surface area contributed by atoms with Gasteiger partial charge in [-0.05, 0) is 56.6 Å². The van der Waals surface area contributed by atoms with Gasteiger partial charge in [-0.1, -0.05) is 25.5 Å². The van der Waals surface area contributed by atoms with Crippen LogP contribution in [0.2, 0.25) is 0 Å². The lowest BCUT2D eigenvalue weighted by Crippen LogP contribution is -2.69. The minimum atomic E-state index is -1.93. The Kier molecular flexibility index (Phi) is 5.57. The number of Topliss-reactive ketones (excluding diaryl/α,β-unsaturated/α-hetero) is 1. The molecule has 0 bridgehead atoms. The molecule has 2 unspecified atom stereocenters.